The van der Waals surface area contributed by atoms with Crippen molar-refractivity contribution in [2.24, 2.45) is 12.1 Å². The molecule has 8 nitrogen and oxygen atoms in total. The summed E-state index contributed by atoms with van der Waals surface area (Å²) in [5.74, 6) is -0.408. The average molecular weight is 395 g/mol. The molecule has 0 fully saturated rings. The van der Waals surface area contributed by atoms with Crippen molar-refractivity contribution in [2.75, 3.05) is 0 Å². The van der Waals surface area contributed by atoms with Crippen LogP contribution in [-0.2, 0) is 13.6 Å². The lowest BCUT2D eigenvalue weighted by Gasteiger charge is -2.08. The molecule has 0 aliphatic rings. The topological polar surface area (TPSA) is 101 Å². The van der Waals surface area contributed by atoms with Gasteiger partial charge in [0, 0.05) is 19.2 Å². The quantitative estimate of drug-likeness (QED) is 0.406. The zero-order valence-electron chi connectivity index (χ0n) is 15.2. The van der Waals surface area contributed by atoms with E-state index in [-0.39, 0.29) is 0 Å². The first-order chi connectivity index (χ1) is 13.5. The molecular weight excluding hydrogens is 378 g/mol. The van der Waals surface area contributed by atoms with Crippen molar-refractivity contribution < 1.29 is 4.79 Å². The minimum absolute atomic E-state index is 0.331. The van der Waals surface area contributed by atoms with Crippen LogP contribution in [0.5, 0.6) is 0 Å². The Hall–Kier alpha value is -3.46. The minimum atomic E-state index is -0.714. The van der Waals surface area contributed by atoms with Gasteiger partial charge in [0.15, 0.2) is 0 Å². The Morgan fingerprint density at radius 1 is 1.18 bits per heavy atom. The van der Waals surface area contributed by atoms with Gasteiger partial charge < -0.3 is 14.1 Å². The van der Waals surface area contributed by atoms with Crippen molar-refractivity contribution in [1.29, 1.82) is 0 Å². The molecule has 2 aromatic carbocycles. The van der Waals surface area contributed by atoms with Crippen molar-refractivity contribution in [1.82, 2.24) is 19.5 Å². The van der Waals surface area contributed by atoms with Crippen LogP contribution in [0.1, 0.15) is 17.3 Å². The molecule has 28 heavy (non-hydrogen) atoms. The highest BCUT2D eigenvalue weighted by molar-refractivity contribution is 7.16. The number of hydrogen-bond acceptors (Lipinski definition) is 5. The maximum Gasteiger partial charge on any atom is 0.316 e. The molecule has 4 rings (SSSR count). The van der Waals surface area contributed by atoms with Crippen LogP contribution in [-0.4, -0.2) is 20.0 Å². The van der Waals surface area contributed by atoms with Gasteiger partial charge in [0.2, 0.25) is 4.80 Å². The summed E-state index contributed by atoms with van der Waals surface area (Å²) in [7, 11) is 1.88. The van der Waals surface area contributed by atoms with E-state index in [2.05, 4.69) is 15.5 Å². The molecule has 1 amide bonds. The first kappa shape index (κ1) is 17.9. The van der Waals surface area contributed by atoms with Gasteiger partial charge in [-0.05, 0) is 37.3 Å². The van der Waals surface area contributed by atoms with Crippen LogP contribution in [0.2, 0.25) is 0 Å². The number of carbonyl (C=O) groups excluding carboxylic acids is 1. The Bertz CT molecular complexity index is 1410. The Morgan fingerprint density at radius 3 is 2.71 bits per heavy atom. The summed E-state index contributed by atoms with van der Waals surface area (Å²) in [4.78, 5) is 39.4. The average Bonchev–Trinajstić information content (AvgIpc) is 3.03. The minimum Gasteiger partial charge on any atom is -0.318 e. The van der Waals surface area contributed by atoms with E-state index >= 15 is 0 Å². The number of aromatic nitrogens is 3. The molecule has 0 saturated carbocycles. The van der Waals surface area contributed by atoms with Crippen LogP contribution in [0.15, 0.2) is 57.2 Å². The number of amides is 1. The van der Waals surface area contributed by atoms with Crippen molar-refractivity contribution in [3.63, 3.8) is 0 Å². The predicted molar refractivity (Wildman–Crippen MR) is 108 cm³/mol. The van der Waals surface area contributed by atoms with E-state index in [0.29, 0.717) is 27.9 Å². The highest BCUT2D eigenvalue weighted by atomic mass is 32.1. The molecular formula is C19H17N5O3S. The Kier molecular flexibility index (Phi) is 4.44. The summed E-state index contributed by atoms with van der Waals surface area (Å²) in [5, 5.41) is 4.22. The monoisotopic (exact) mass is 395 g/mol. The van der Waals surface area contributed by atoms with E-state index in [9.17, 15) is 14.4 Å². The summed E-state index contributed by atoms with van der Waals surface area (Å²) in [6.45, 7) is 2.15. The second-order valence-corrected chi connectivity index (χ2v) is 7.21. The Morgan fingerprint density at radius 2 is 1.96 bits per heavy atom. The Balaban J connectivity index is 1.71. The maximum absolute atomic E-state index is 12.5. The van der Waals surface area contributed by atoms with E-state index < -0.39 is 17.0 Å². The van der Waals surface area contributed by atoms with Gasteiger partial charge in [0.25, 0.3) is 5.91 Å². The highest BCUT2D eigenvalue weighted by Crippen LogP contribution is 2.15. The number of fused-ring (bicyclic) bond motifs is 2. The predicted octanol–water partition coefficient (Wildman–Crippen LogP) is 1.51. The number of nitrogens with zero attached hydrogens (tertiary/aromatic N) is 3. The van der Waals surface area contributed by atoms with E-state index in [1.807, 2.05) is 35.9 Å². The fourth-order valence-electron chi connectivity index (χ4n) is 3.09. The molecule has 0 aliphatic carbocycles. The van der Waals surface area contributed by atoms with E-state index in [1.165, 1.54) is 22.0 Å². The van der Waals surface area contributed by atoms with E-state index in [4.69, 9.17) is 0 Å². The number of hydrogen-bond donors (Lipinski definition) is 2. The van der Waals surface area contributed by atoms with Crippen LogP contribution in [0.3, 0.4) is 0 Å². The number of carbonyl (C=O) groups is 1. The molecule has 0 radical (unpaired) electrons. The summed E-state index contributed by atoms with van der Waals surface area (Å²) < 4.78 is 4.34. The zero-order valence-corrected chi connectivity index (χ0v) is 16.0. The van der Waals surface area contributed by atoms with E-state index in [0.717, 1.165) is 10.2 Å². The third kappa shape index (κ3) is 2.95. The summed E-state index contributed by atoms with van der Waals surface area (Å²) in [5.41, 5.74) is 3.57. The van der Waals surface area contributed by atoms with Gasteiger partial charge in [0.05, 0.1) is 21.3 Å². The number of para-hydroxylation sites is 1. The Labute approximate surface area is 162 Å². The lowest BCUT2D eigenvalue weighted by atomic mass is 10.2. The van der Waals surface area contributed by atoms with Gasteiger partial charge in [-0.3, -0.25) is 14.4 Å². The zero-order chi connectivity index (χ0) is 19.8. The molecule has 0 spiro atoms. The third-order valence-electron chi connectivity index (χ3n) is 4.52. The second kappa shape index (κ2) is 6.93. The number of thiazole rings is 1. The summed E-state index contributed by atoms with van der Waals surface area (Å²) >= 11 is 1.47. The van der Waals surface area contributed by atoms with Crippen molar-refractivity contribution in [3.05, 3.63) is 73.5 Å². The van der Waals surface area contributed by atoms with Crippen molar-refractivity contribution in [3.8, 4) is 0 Å². The summed E-state index contributed by atoms with van der Waals surface area (Å²) in [6.07, 6.45) is 0. The number of aryl methyl sites for hydroxylation is 2. The van der Waals surface area contributed by atoms with Crippen LogP contribution >= 0.6 is 11.3 Å². The molecule has 2 aromatic heterocycles. The van der Waals surface area contributed by atoms with Crippen LogP contribution in [0.25, 0.3) is 21.3 Å². The highest BCUT2D eigenvalue weighted by Gasteiger charge is 2.11. The summed E-state index contributed by atoms with van der Waals surface area (Å²) in [6, 6.07) is 12.7. The molecule has 0 saturated heterocycles. The van der Waals surface area contributed by atoms with E-state index in [1.54, 1.807) is 19.1 Å². The van der Waals surface area contributed by atoms with Gasteiger partial charge in [0.1, 0.15) is 0 Å². The fourth-order valence-corrected chi connectivity index (χ4v) is 4.07. The first-order valence-corrected chi connectivity index (χ1v) is 9.46. The van der Waals surface area contributed by atoms with Gasteiger partial charge in [-0.1, -0.05) is 23.5 Å². The normalized spacial score (nSPS) is 12.0. The molecule has 0 atom stereocenters. The SMILES string of the molecule is CCn1c(=O)c(=O)[nH]c2cc(C(=O)N/N=c3\sc4ccccc4n3C)ccc21. The molecule has 4 aromatic rings. The van der Waals surface area contributed by atoms with Crippen LogP contribution in [0.4, 0.5) is 0 Å². The number of aromatic amines is 1. The number of rotatable bonds is 3. The maximum atomic E-state index is 12.5. The molecule has 0 unspecified atom stereocenters. The number of nitrogens with one attached hydrogen (secondary N) is 2. The molecule has 2 heterocycles. The van der Waals surface area contributed by atoms with Gasteiger partial charge in [-0.25, -0.2) is 5.43 Å². The van der Waals surface area contributed by atoms with Crippen molar-refractivity contribution in [2.45, 2.75) is 13.5 Å². The number of H-pyrrole nitrogens is 1. The smallest absolute Gasteiger partial charge is 0.316 e. The second-order valence-electron chi connectivity index (χ2n) is 6.20. The van der Waals surface area contributed by atoms with Crippen LogP contribution < -0.4 is 21.3 Å². The number of benzene rings is 2. The standard InChI is InChI=1S/C19H17N5O3S/c1-3-24-13-9-8-11(10-12(13)20-17(26)18(24)27)16(25)21-22-19-23(2)14-6-4-5-7-15(14)28-19/h4-10H,3H2,1-2H3,(H,20,26)(H,21,25)/b22-19-. The largest absolute Gasteiger partial charge is 0.318 e. The lowest BCUT2D eigenvalue weighted by Crippen LogP contribution is -2.36. The molecule has 0 aliphatic heterocycles. The lowest BCUT2D eigenvalue weighted by molar-refractivity contribution is 0.0953. The third-order valence-corrected chi connectivity index (χ3v) is 5.63. The van der Waals surface area contributed by atoms with Crippen LogP contribution in [0, 0.1) is 0 Å². The molecule has 2 N–H and O–H groups in total. The molecule has 9 heteroatoms. The first-order valence-electron chi connectivity index (χ1n) is 8.65. The molecule has 0 bridgehead atoms. The molecule has 142 valence electrons. The van der Waals surface area contributed by atoms with Gasteiger partial charge in [-0.2, -0.15) is 0 Å². The van der Waals surface area contributed by atoms with Crippen molar-refractivity contribution >= 4 is 38.5 Å². The van der Waals surface area contributed by atoms with Gasteiger partial charge >= 0.3 is 11.1 Å². The van der Waals surface area contributed by atoms with Gasteiger partial charge in [-0.15, -0.1) is 5.10 Å². The fraction of sp³-hybridized carbons (Fsp3) is 0.158.